The van der Waals surface area contributed by atoms with Gasteiger partial charge in [0.25, 0.3) is 5.91 Å². The Kier molecular flexibility index (Phi) is 6.45. The molecule has 5 heteroatoms. The van der Waals surface area contributed by atoms with Gasteiger partial charge in [-0.05, 0) is 62.0 Å². The van der Waals surface area contributed by atoms with Gasteiger partial charge in [-0.2, -0.15) is 0 Å². The number of benzene rings is 1. The summed E-state index contributed by atoms with van der Waals surface area (Å²) in [4.78, 5) is 16.2. The molecular weight excluding hydrogens is 311 g/mol. The highest BCUT2D eigenvalue weighted by Gasteiger charge is 2.18. The lowest BCUT2D eigenvalue weighted by Crippen LogP contribution is -2.33. The fraction of sp³-hybridized carbons (Fsp3) is 0.500. The van der Waals surface area contributed by atoms with E-state index < -0.39 is 5.82 Å². The van der Waals surface area contributed by atoms with Crippen LogP contribution in [0.25, 0.3) is 0 Å². The third-order valence-electron chi connectivity index (χ3n) is 2.88. The second-order valence-electron chi connectivity index (χ2n) is 4.64. The minimum Gasteiger partial charge on any atom is -0.339 e. The van der Waals surface area contributed by atoms with Gasteiger partial charge in [-0.15, -0.1) is 0 Å². The number of carbonyl (C=O) groups is 1. The lowest BCUT2D eigenvalue weighted by molar-refractivity contribution is 0.0757. The van der Waals surface area contributed by atoms with E-state index in [1.54, 1.807) is 17.0 Å². The Morgan fingerprint density at radius 3 is 2.58 bits per heavy atom. The van der Waals surface area contributed by atoms with Crippen molar-refractivity contribution in [3.63, 3.8) is 0 Å². The molecule has 0 bridgehead atoms. The third-order valence-corrected chi connectivity index (χ3v) is 3.69. The lowest BCUT2D eigenvalue weighted by atomic mass is 10.2. The highest BCUT2D eigenvalue weighted by atomic mass is 79.9. The van der Waals surface area contributed by atoms with Gasteiger partial charge < -0.3 is 9.80 Å². The standard InChI is InChI=1S/C14H20BrFN2O/c1-4-18(10-6-9-17(2)3)14(19)11-7-5-8-12(16)13(11)15/h5,7-8H,4,6,9-10H2,1-3H3. The smallest absolute Gasteiger partial charge is 0.255 e. The maximum Gasteiger partial charge on any atom is 0.255 e. The van der Waals surface area contributed by atoms with Crippen molar-refractivity contribution in [3.8, 4) is 0 Å². The molecule has 1 rings (SSSR count). The monoisotopic (exact) mass is 330 g/mol. The van der Waals surface area contributed by atoms with Crippen LogP contribution in [0.15, 0.2) is 22.7 Å². The molecule has 3 nitrogen and oxygen atoms in total. The molecule has 0 radical (unpaired) electrons. The molecule has 1 amide bonds. The first-order valence-electron chi connectivity index (χ1n) is 6.35. The van der Waals surface area contributed by atoms with E-state index in [2.05, 4.69) is 20.8 Å². The number of amides is 1. The van der Waals surface area contributed by atoms with Gasteiger partial charge >= 0.3 is 0 Å². The molecule has 0 saturated carbocycles. The second kappa shape index (κ2) is 7.60. The van der Waals surface area contributed by atoms with Gasteiger partial charge in [0.05, 0.1) is 10.0 Å². The van der Waals surface area contributed by atoms with Crippen LogP contribution in [0, 0.1) is 5.82 Å². The van der Waals surface area contributed by atoms with Gasteiger partial charge in [0.1, 0.15) is 5.82 Å². The van der Waals surface area contributed by atoms with Crippen LogP contribution in [0.5, 0.6) is 0 Å². The zero-order chi connectivity index (χ0) is 14.4. The normalized spacial score (nSPS) is 10.8. The first-order valence-corrected chi connectivity index (χ1v) is 7.14. The van der Waals surface area contributed by atoms with Gasteiger partial charge in [0, 0.05) is 13.1 Å². The van der Waals surface area contributed by atoms with Crippen molar-refractivity contribution in [2.75, 3.05) is 33.7 Å². The topological polar surface area (TPSA) is 23.6 Å². The van der Waals surface area contributed by atoms with Crippen LogP contribution in [-0.2, 0) is 0 Å². The van der Waals surface area contributed by atoms with Crippen molar-refractivity contribution in [1.29, 1.82) is 0 Å². The molecule has 0 N–H and O–H groups in total. The first kappa shape index (κ1) is 16.1. The number of hydrogen-bond donors (Lipinski definition) is 0. The van der Waals surface area contributed by atoms with E-state index in [-0.39, 0.29) is 10.4 Å². The Balaban J connectivity index is 2.75. The molecule has 1 aromatic carbocycles. The van der Waals surface area contributed by atoms with Gasteiger partial charge in [-0.25, -0.2) is 4.39 Å². The SMILES string of the molecule is CCN(CCCN(C)C)C(=O)c1cccc(F)c1Br. The molecule has 19 heavy (non-hydrogen) atoms. The van der Waals surface area contributed by atoms with E-state index in [9.17, 15) is 9.18 Å². The molecule has 0 spiro atoms. The maximum absolute atomic E-state index is 13.4. The molecule has 0 aromatic heterocycles. The summed E-state index contributed by atoms with van der Waals surface area (Å²) < 4.78 is 13.7. The quantitative estimate of drug-likeness (QED) is 0.800. The van der Waals surface area contributed by atoms with Crippen LogP contribution in [0.1, 0.15) is 23.7 Å². The van der Waals surface area contributed by atoms with Gasteiger partial charge in [-0.3, -0.25) is 4.79 Å². The highest BCUT2D eigenvalue weighted by Crippen LogP contribution is 2.21. The number of halogens is 2. The van der Waals surface area contributed by atoms with E-state index in [1.165, 1.54) is 6.07 Å². The fourth-order valence-electron chi connectivity index (χ4n) is 1.82. The lowest BCUT2D eigenvalue weighted by Gasteiger charge is -2.22. The van der Waals surface area contributed by atoms with Crippen molar-refractivity contribution in [1.82, 2.24) is 9.80 Å². The van der Waals surface area contributed by atoms with Crippen LogP contribution in [0.2, 0.25) is 0 Å². The maximum atomic E-state index is 13.4. The molecule has 0 saturated heterocycles. The molecule has 0 unspecified atom stereocenters. The summed E-state index contributed by atoms with van der Waals surface area (Å²) in [7, 11) is 4.00. The summed E-state index contributed by atoms with van der Waals surface area (Å²) in [6.07, 6.45) is 0.902. The fourth-order valence-corrected chi connectivity index (χ4v) is 2.25. The van der Waals surface area contributed by atoms with Gasteiger partial charge in [0.2, 0.25) is 0 Å². The van der Waals surface area contributed by atoms with Crippen LogP contribution in [0.4, 0.5) is 4.39 Å². The zero-order valence-electron chi connectivity index (χ0n) is 11.6. The van der Waals surface area contributed by atoms with Crippen molar-refractivity contribution in [2.24, 2.45) is 0 Å². The average molecular weight is 331 g/mol. The molecule has 0 fully saturated rings. The minimum absolute atomic E-state index is 0.132. The average Bonchev–Trinajstić information content (AvgIpc) is 2.37. The van der Waals surface area contributed by atoms with Crippen molar-refractivity contribution in [2.45, 2.75) is 13.3 Å². The molecule has 0 aliphatic heterocycles. The van der Waals surface area contributed by atoms with Crippen LogP contribution in [-0.4, -0.2) is 49.4 Å². The zero-order valence-corrected chi connectivity index (χ0v) is 13.2. The predicted octanol–water partition coefficient (Wildman–Crippen LogP) is 3.00. The van der Waals surface area contributed by atoms with E-state index in [0.29, 0.717) is 18.7 Å². The molecule has 0 aliphatic carbocycles. The third kappa shape index (κ3) is 4.58. The van der Waals surface area contributed by atoms with E-state index in [1.807, 2.05) is 21.0 Å². The van der Waals surface area contributed by atoms with Crippen molar-refractivity contribution >= 4 is 21.8 Å². The van der Waals surface area contributed by atoms with Crippen LogP contribution < -0.4 is 0 Å². The largest absolute Gasteiger partial charge is 0.339 e. The molecule has 0 aliphatic rings. The van der Waals surface area contributed by atoms with Gasteiger partial charge in [-0.1, -0.05) is 6.07 Å². The summed E-state index contributed by atoms with van der Waals surface area (Å²) in [6, 6.07) is 4.54. The minimum atomic E-state index is -0.407. The van der Waals surface area contributed by atoms with Crippen LogP contribution >= 0.6 is 15.9 Å². The summed E-state index contributed by atoms with van der Waals surface area (Å²) in [6.45, 7) is 4.15. The molecule has 106 valence electrons. The molecule has 0 heterocycles. The van der Waals surface area contributed by atoms with E-state index in [0.717, 1.165) is 13.0 Å². The molecular formula is C14H20BrFN2O. The number of nitrogens with zero attached hydrogens (tertiary/aromatic N) is 2. The van der Waals surface area contributed by atoms with Crippen molar-refractivity contribution in [3.05, 3.63) is 34.1 Å². The summed E-state index contributed by atoms with van der Waals surface area (Å²) in [5.41, 5.74) is 0.381. The summed E-state index contributed by atoms with van der Waals surface area (Å²) in [5.74, 6) is -0.539. The Bertz CT molecular complexity index is 437. The van der Waals surface area contributed by atoms with E-state index in [4.69, 9.17) is 0 Å². The molecule has 0 atom stereocenters. The number of hydrogen-bond acceptors (Lipinski definition) is 2. The molecule has 1 aromatic rings. The number of rotatable bonds is 6. The predicted molar refractivity (Wildman–Crippen MR) is 78.8 cm³/mol. The Labute approximate surface area is 122 Å². The summed E-state index contributed by atoms with van der Waals surface area (Å²) >= 11 is 3.14. The first-order chi connectivity index (χ1) is 8.97. The summed E-state index contributed by atoms with van der Waals surface area (Å²) in [5, 5.41) is 0. The second-order valence-corrected chi connectivity index (χ2v) is 5.44. The Morgan fingerprint density at radius 2 is 2.00 bits per heavy atom. The van der Waals surface area contributed by atoms with Crippen molar-refractivity contribution < 1.29 is 9.18 Å². The Hall–Kier alpha value is -0.940. The highest BCUT2D eigenvalue weighted by molar-refractivity contribution is 9.10. The number of carbonyl (C=O) groups excluding carboxylic acids is 1. The van der Waals surface area contributed by atoms with Gasteiger partial charge in [0.15, 0.2) is 0 Å². The Morgan fingerprint density at radius 1 is 1.32 bits per heavy atom. The van der Waals surface area contributed by atoms with Crippen LogP contribution in [0.3, 0.4) is 0 Å². The van der Waals surface area contributed by atoms with E-state index >= 15 is 0 Å².